The van der Waals surface area contributed by atoms with Gasteiger partial charge in [0.2, 0.25) is 5.91 Å². The minimum absolute atomic E-state index is 0.104. The molecule has 2 saturated heterocycles. The zero-order chi connectivity index (χ0) is 19.8. The summed E-state index contributed by atoms with van der Waals surface area (Å²) in [5.41, 5.74) is 0.799. The second kappa shape index (κ2) is 10.9. The molecule has 1 amide bonds. The number of amides is 1. The first kappa shape index (κ1) is 21.2. The lowest BCUT2D eigenvalue weighted by Gasteiger charge is -2.34. The van der Waals surface area contributed by atoms with Gasteiger partial charge in [-0.2, -0.15) is 5.06 Å². The molecule has 1 aromatic rings. The van der Waals surface area contributed by atoms with Gasteiger partial charge in [0.05, 0.1) is 6.61 Å². The topological polar surface area (TPSA) is 36.0 Å². The average molecular weight is 392 g/mol. The fourth-order valence-electron chi connectivity index (χ4n) is 4.10. The maximum absolute atomic E-state index is 13.7. The maximum atomic E-state index is 13.7. The molecule has 0 radical (unpaired) electrons. The molecule has 0 bridgehead atoms. The Hall–Kier alpha value is -1.50. The van der Waals surface area contributed by atoms with Crippen LogP contribution in [-0.4, -0.2) is 73.7 Å². The van der Waals surface area contributed by atoms with E-state index in [0.717, 1.165) is 77.0 Å². The zero-order valence-corrected chi connectivity index (χ0v) is 17.1. The summed E-state index contributed by atoms with van der Waals surface area (Å²) in [5, 5.41) is 1.93. The molecular formula is C22H34FN3O2. The van der Waals surface area contributed by atoms with Crippen LogP contribution in [0.5, 0.6) is 0 Å². The molecule has 156 valence electrons. The van der Waals surface area contributed by atoms with E-state index in [-0.39, 0.29) is 11.7 Å². The number of carbonyl (C=O) groups excluding carboxylic acids is 1. The van der Waals surface area contributed by atoms with Crippen LogP contribution >= 0.6 is 0 Å². The monoisotopic (exact) mass is 391 g/mol. The second-order valence-electron chi connectivity index (χ2n) is 8.12. The molecule has 1 aromatic carbocycles. The van der Waals surface area contributed by atoms with Crippen molar-refractivity contribution in [1.82, 2.24) is 14.9 Å². The number of hydrogen-bond acceptors (Lipinski definition) is 4. The normalized spacial score (nSPS) is 19.6. The van der Waals surface area contributed by atoms with Crippen LogP contribution in [0.25, 0.3) is 0 Å². The summed E-state index contributed by atoms with van der Waals surface area (Å²) >= 11 is 0. The SMILES string of the molecule is CN(CC1CCN(CCc2ccccc2F)CC1)C(=O)CCN1CCCCO1. The van der Waals surface area contributed by atoms with Crippen molar-refractivity contribution < 1.29 is 14.0 Å². The van der Waals surface area contributed by atoms with Crippen molar-refractivity contribution >= 4 is 5.91 Å². The van der Waals surface area contributed by atoms with Crippen LogP contribution in [0.1, 0.15) is 37.7 Å². The van der Waals surface area contributed by atoms with Gasteiger partial charge in [-0.25, -0.2) is 4.39 Å². The number of carbonyl (C=O) groups is 1. The number of nitrogens with zero attached hydrogens (tertiary/aromatic N) is 3. The van der Waals surface area contributed by atoms with E-state index in [2.05, 4.69) is 4.90 Å². The highest BCUT2D eigenvalue weighted by Crippen LogP contribution is 2.19. The third-order valence-corrected chi connectivity index (χ3v) is 5.97. The summed E-state index contributed by atoms with van der Waals surface area (Å²) in [7, 11) is 1.92. The fraction of sp³-hybridized carbons (Fsp3) is 0.682. The number of hydroxylamine groups is 2. The van der Waals surface area contributed by atoms with Crippen LogP contribution in [0.4, 0.5) is 4.39 Å². The summed E-state index contributed by atoms with van der Waals surface area (Å²) < 4.78 is 13.7. The summed E-state index contributed by atoms with van der Waals surface area (Å²) in [5.74, 6) is 0.661. The Balaban J connectivity index is 1.32. The number of likely N-dealkylation sites (tertiary alicyclic amines) is 1. The van der Waals surface area contributed by atoms with Crippen molar-refractivity contribution in [3.8, 4) is 0 Å². The molecular weight excluding hydrogens is 357 g/mol. The Morgan fingerprint density at radius 1 is 1.18 bits per heavy atom. The number of piperidine rings is 1. The van der Waals surface area contributed by atoms with Gasteiger partial charge in [-0.3, -0.25) is 9.63 Å². The quantitative estimate of drug-likeness (QED) is 0.683. The smallest absolute Gasteiger partial charge is 0.223 e. The Morgan fingerprint density at radius 2 is 1.96 bits per heavy atom. The number of hydrogen-bond donors (Lipinski definition) is 0. The molecule has 3 rings (SSSR count). The van der Waals surface area contributed by atoms with E-state index in [0.29, 0.717) is 18.9 Å². The Morgan fingerprint density at radius 3 is 2.68 bits per heavy atom. The van der Waals surface area contributed by atoms with Gasteiger partial charge in [0, 0.05) is 39.6 Å². The Kier molecular flexibility index (Phi) is 8.25. The van der Waals surface area contributed by atoms with Crippen LogP contribution in [0.2, 0.25) is 0 Å². The van der Waals surface area contributed by atoms with E-state index in [1.54, 1.807) is 6.07 Å². The van der Waals surface area contributed by atoms with Crippen LogP contribution in [0, 0.1) is 11.7 Å². The summed E-state index contributed by atoms with van der Waals surface area (Å²) in [6.07, 6.45) is 5.75. The molecule has 2 heterocycles. The molecule has 2 aliphatic heterocycles. The molecule has 0 saturated carbocycles. The van der Waals surface area contributed by atoms with E-state index < -0.39 is 0 Å². The van der Waals surface area contributed by atoms with Crippen LogP contribution in [0.15, 0.2) is 24.3 Å². The van der Waals surface area contributed by atoms with E-state index in [1.807, 2.05) is 29.1 Å². The van der Waals surface area contributed by atoms with Crippen molar-refractivity contribution in [2.45, 2.75) is 38.5 Å². The lowest BCUT2D eigenvalue weighted by Crippen LogP contribution is -2.41. The van der Waals surface area contributed by atoms with Crippen molar-refractivity contribution in [2.75, 3.05) is 52.9 Å². The largest absolute Gasteiger partial charge is 0.345 e. The average Bonchev–Trinajstić information content (AvgIpc) is 2.73. The molecule has 6 heteroatoms. The van der Waals surface area contributed by atoms with Gasteiger partial charge in [-0.1, -0.05) is 18.2 Å². The molecule has 2 fully saturated rings. The molecule has 0 spiro atoms. The number of rotatable bonds is 8. The first-order valence-corrected chi connectivity index (χ1v) is 10.7. The molecule has 0 unspecified atom stereocenters. The summed E-state index contributed by atoms with van der Waals surface area (Å²) in [6.45, 7) is 6.20. The zero-order valence-electron chi connectivity index (χ0n) is 17.1. The molecule has 0 atom stereocenters. The Bertz CT molecular complexity index is 614. The van der Waals surface area contributed by atoms with Crippen molar-refractivity contribution in [3.63, 3.8) is 0 Å². The van der Waals surface area contributed by atoms with E-state index in [1.165, 1.54) is 6.07 Å². The molecule has 0 aromatic heterocycles. The molecule has 2 aliphatic rings. The van der Waals surface area contributed by atoms with E-state index in [9.17, 15) is 9.18 Å². The molecule has 0 aliphatic carbocycles. The van der Waals surface area contributed by atoms with Gasteiger partial charge < -0.3 is 9.80 Å². The predicted molar refractivity (Wildman–Crippen MR) is 108 cm³/mol. The minimum Gasteiger partial charge on any atom is -0.345 e. The standard InChI is InChI=1S/C22H34FN3O2/c1-24(22(27)11-16-26-12-4-5-17-28-26)18-19-8-13-25(14-9-19)15-10-20-6-2-3-7-21(20)23/h2-3,6-7,19H,4-5,8-18H2,1H3. The first-order valence-electron chi connectivity index (χ1n) is 10.7. The third-order valence-electron chi connectivity index (χ3n) is 5.97. The predicted octanol–water partition coefficient (Wildman–Crippen LogP) is 2.96. The summed E-state index contributed by atoms with van der Waals surface area (Å²) in [4.78, 5) is 22.3. The maximum Gasteiger partial charge on any atom is 0.223 e. The van der Waals surface area contributed by atoms with Crippen LogP contribution in [-0.2, 0) is 16.1 Å². The van der Waals surface area contributed by atoms with Crippen LogP contribution in [0.3, 0.4) is 0 Å². The van der Waals surface area contributed by atoms with Crippen molar-refractivity contribution in [1.29, 1.82) is 0 Å². The van der Waals surface area contributed by atoms with Crippen molar-refractivity contribution in [2.24, 2.45) is 5.92 Å². The van der Waals surface area contributed by atoms with Gasteiger partial charge >= 0.3 is 0 Å². The highest BCUT2D eigenvalue weighted by molar-refractivity contribution is 5.76. The lowest BCUT2D eigenvalue weighted by atomic mass is 9.96. The minimum atomic E-state index is -0.104. The lowest BCUT2D eigenvalue weighted by molar-refractivity contribution is -0.182. The number of halogens is 1. The second-order valence-corrected chi connectivity index (χ2v) is 8.12. The van der Waals surface area contributed by atoms with Crippen LogP contribution < -0.4 is 0 Å². The molecule has 5 nitrogen and oxygen atoms in total. The Labute approximate surface area is 168 Å². The third kappa shape index (κ3) is 6.54. The van der Waals surface area contributed by atoms with E-state index >= 15 is 0 Å². The van der Waals surface area contributed by atoms with Gasteiger partial charge in [0.15, 0.2) is 0 Å². The summed E-state index contributed by atoms with van der Waals surface area (Å²) in [6, 6.07) is 7.04. The highest BCUT2D eigenvalue weighted by atomic mass is 19.1. The highest BCUT2D eigenvalue weighted by Gasteiger charge is 2.22. The van der Waals surface area contributed by atoms with E-state index in [4.69, 9.17) is 4.84 Å². The molecule has 0 N–H and O–H groups in total. The first-order chi connectivity index (χ1) is 13.6. The molecule has 28 heavy (non-hydrogen) atoms. The van der Waals surface area contributed by atoms with Crippen molar-refractivity contribution in [3.05, 3.63) is 35.6 Å². The van der Waals surface area contributed by atoms with Gasteiger partial charge in [-0.15, -0.1) is 0 Å². The van der Waals surface area contributed by atoms with Gasteiger partial charge in [0.1, 0.15) is 5.82 Å². The van der Waals surface area contributed by atoms with Gasteiger partial charge in [-0.05, 0) is 62.7 Å². The number of benzene rings is 1. The fourth-order valence-corrected chi connectivity index (χ4v) is 4.10. The van der Waals surface area contributed by atoms with Gasteiger partial charge in [0.25, 0.3) is 0 Å².